The van der Waals surface area contributed by atoms with Gasteiger partial charge >= 0.3 is 5.97 Å². The highest BCUT2D eigenvalue weighted by atomic mass is 32.2. The van der Waals surface area contributed by atoms with E-state index in [0.29, 0.717) is 13.1 Å². The fourth-order valence-corrected chi connectivity index (χ4v) is 2.85. The monoisotopic (exact) mass is 309 g/mol. The second-order valence-electron chi connectivity index (χ2n) is 4.90. The van der Waals surface area contributed by atoms with Gasteiger partial charge < -0.3 is 10.0 Å². The molecular formula is C14H19N3O3S. The third-order valence-corrected chi connectivity index (χ3v) is 4.23. The van der Waals surface area contributed by atoms with Crippen LogP contribution in [0.4, 0.5) is 0 Å². The van der Waals surface area contributed by atoms with Crippen LogP contribution in [-0.2, 0) is 16.1 Å². The molecule has 21 heavy (non-hydrogen) atoms. The number of carboxylic acids is 1. The second-order valence-corrected chi connectivity index (χ2v) is 5.88. The van der Waals surface area contributed by atoms with Gasteiger partial charge in [-0.2, -0.15) is 0 Å². The predicted molar refractivity (Wildman–Crippen MR) is 81.1 cm³/mol. The minimum absolute atomic E-state index is 0.0201. The van der Waals surface area contributed by atoms with Crippen LogP contribution in [0.2, 0.25) is 0 Å². The molecule has 0 atom stereocenters. The van der Waals surface area contributed by atoms with Crippen molar-refractivity contribution in [3.05, 3.63) is 30.1 Å². The zero-order valence-electron chi connectivity index (χ0n) is 11.8. The van der Waals surface area contributed by atoms with Crippen molar-refractivity contribution in [3.8, 4) is 0 Å². The largest absolute Gasteiger partial charge is 0.481 e. The van der Waals surface area contributed by atoms with E-state index in [1.807, 2.05) is 17.0 Å². The number of carbonyl (C=O) groups is 2. The molecule has 1 aliphatic rings. The molecule has 1 aliphatic heterocycles. The summed E-state index contributed by atoms with van der Waals surface area (Å²) in [5.74, 6) is -0.621. The number of pyridine rings is 1. The third-order valence-electron chi connectivity index (χ3n) is 3.33. The van der Waals surface area contributed by atoms with E-state index >= 15 is 0 Å². The molecule has 0 aliphatic carbocycles. The molecule has 1 amide bonds. The summed E-state index contributed by atoms with van der Waals surface area (Å²) in [6.45, 7) is 3.97. The Morgan fingerprint density at radius 2 is 1.81 bits per heavy atom. The van der Waals surface area contributed by atoms with Crippen molar-refractivity contribution in [2.45, 2.75) is 6.54 Å². The normalized spacial score (nSPS) is 15.9. The molecule has 0 aromatic carbocycles. The van der Waals surface area contributed by atoms with Gasteiger partial charge in [0.05, 0.1) is 11.5 Å². The Labute approximate surface area is 128 Å². The first kappa shape index (κ1) is 15.8. The van der Waals surface area contributed by atoms with Crippen molar-refractivity contribution in [2.24, 2.45) is 0 Å². The van der Waals surface area contributed by atoms with Crippen LogP contribution in [0.15, 0.2) is 24.5 Å². The van der Waals surface area contributed by atoms with Gasteiger partial charge in [0.15, 0.2) is 0 Å². The van der Waals surface area contributed by atoms with Crippen LogP contribution in [0.5, 0.6) is 0 Å². The van der Waals surface area contributed by atoms with Crippen molar-refractivity contribution in [1.29, 1.82) is 0 Å². The van der Waals surface area contributed by atoms with E-state index in [0.717, 1.165) is 31.4 Å². The Kier molecular flexibility index (Phi) is 6.01. The van der Waals surface area contributed by atoms with Gasteiger partial charge in [-0.05, 0) is 17.7 Å². The number of carbonyl (C=O) groups excluding carboxylic acids is 1. The van der Waals surface area contributed by atoms with Gasteiger partial charge in [-0.1, -0.05) is 0 Å². The van der Waals surface area contributed by atoms with Gasteiger partial charge in [-0.3, -0.25) is 19.5 Å². The average molecular weight is 309 g/mol. The average Bonchev–Trinajstić information content (AvgIpc) is 2.48. The number of aliphatic carboxylic acids is 1. The van der Waals surface area contributed by atoms with Gasteiger partial charge in [0.25, 0.3) is 0 Å². The van der Waals surface area contributed by atoms with Crippen LogP contribution in [0, 0.1) is 0 Å². The molecular weight excluding hydrogens is 290 g/mol. The predicted octanol–water partition coefficient (Wildman–Crippen LogP) is 0.544. The van der Waals surface area contributed by atoms with Crippen molar-refractivity contribution in [3.63, 3.8) is 0 Å². The van der Waals surface area contributed by atoms with Crippen LogP contribution >= 0.6 is 11.8 Å². The van der Waals surface area contributed by atoms with E-state index in [1.165, 1.54) is 5.56 Å². The Bertz CT molecular complexity index is 476. The summed E-state index contributed by atoms with van der Waals surface area (Å²) in [6.07, 6.45) is 3.57. The lowest BCUT2D eigenvalue weighted by Crippen LogP contribution is -2.48. The van der Waals surface area contributed by atoms with Crippen molar-refractivity contribution >= 4 is 23.6 Å². The first-order chi connectivity index (χ1) is 10.1. The van der Waals surface area contributed by atoms with Crippen LogP contribution in [0.1, 0.15) is 5.56 Å². The number of piperazine rings is 1. The summed E-state index contributed by atoms with van der Waals surface area (Å²) < 4.78 is 0. The van der Waals surface area contributed by atoms with Crippen molar-refractivity contribution < 1.29 is 14.7 Å². The fraction of sp³-hybridized carbons (Fsp3) is 0.500. The molecule has 0 spiro atoms. The van der Waals surface area contributed by atoms with Crippen LogP contribution in [0.25, 0.3) is 0 Å². The molecule has 7 heteroatoms. The van der Waals surface area contributed by atoms with E-state index in [4.69, 9.17) is 5.11 Å². The Morgan fingerprint density at radius 1 is 1.14 bits per heavy atom. The lowest BCUT2D eigenvalue weighted by Gasteiger charge is -2.34. The van der Waals surface area contributed by atoms with Gasteiger partial charge in [0.1, 0.15) is 0 Å². The van der Waals surface area contributed by atoms with Gasteiger partial charge in [0.2, 0.25) is 5.91 Å². The lowest BCUT2D eigenvalue weighted by molar-refractivity contribution is -0.133. The molecule has 1 aromatic heterocycles. The molecule has 2 heterocycles. The topological polar surface area (TPSA) is 73.7 Å². The van der Waals surface area contributed by atoms with Gasteiger partial charge in [0, 0.05) is 45.1 Å². The molecule has 114 valence electrons. The smallest absolute Gasteiger partial charge is 0.313 e. The second kappa shape index (κ2) is 7.99. The molecule has 1 fully saturated rings. The molecule has 0 unspecified atom stereocenters. The standard InChI is InChI=1S/C14H19N3O3S/c18-13(10-21-11-14(19)20)17-7-5-16(6-8-17)9-12-1-3-15-4-2-12/h1-4H,5-11H2,(H,19,20). The molecule has 2 rings (SSSR count). The van der Waals surface area contributed by atoms with E-state index in [-0.39, 0.29) is 17.4 Å². The van der Waals surface area contributed by atoms with Crippen LogP contribution in [0.3, 0.4) is 0 Å². The first-order valence-corrected chi connectivity index (χ1v) is 7.99. The molecule has 0 radical (unpaired) electrons. The van der Waals surface area contributed by atoms with Gasteiger partial charge in [-0.15, -0.1) is 11.8 Å². The number of thioether (sulfide) groups is 1. The SMILES string of the molecule is O=C(O)CSCC(=O)N1CCN(Cc2ccncc2)CC1. The molecule has 1 N–H and O–H groups in total. The molecule has 6 nitrogen and oxygen atoms in total. The highest BCUT2D eigenvalue weighted by molar-refractivity contribution is 8.00. The van der Waals surface area contributed by atoms with E-state index < -0.39 is 5.97 Å². The Balaban J connectivity index is 1.70. The first-order valence-electron chi connectivity index (χ1n) is 6.84. The summed E-state index contributed by atoms with van der Waals surface area (Å²) in [5, 5.41) is 8.55. The van der Waals surface area contributed by atoms with E-state index in [1.54, 1.807) is 12.4 Å². The fourth-order valence-electron chi connectivity index (χ4n) is 2.22. The number of rotatable bonds is 6. The summed E-state index contributed by atoms with van der Waals surface area (Å²) in [7, 11) is 0. The summed E-state index contributed by atoms with van der Waals surface area (Å²) in [5.41, 5.74) is 1.22. The zero-order chi connectivity index (χ0) is 15.1. The molecule has 1 aromatic rings. The lowest BCUT2D eigenvalue weighted by atomic mass is 10.2. The molecule has 0 saturated carbocycles. The molecule has 1 saturated heterocycles. The maximum absolute atomic E-state index is 11.9. The molecule has 0 bridgehead atoms. The minimum Gasteiger partial charge on any atom is -0.481 e. The number of carboxylic acid groups (broad SMARTS) is 1. The maximum Gasteiger partial charge on any atom is 0.313 e. The summed E-state index contributed by atoms with van der Waals surface area (Å²) in [4.78, 5) is 30.5. The summed E-state index contributed by atoms with van der Waals surface area (Å²) >= 11 is 1.16. The third kappa shape index (κ3) is 5.35. The Hall–Kier alpha value is -1.60. The number of aromatic nitrogens is 1. The van der Waals surface area contributed by atoms with E-state index in [2.05, 4.69) is 9.88 Å². The number of amides is 1. The number of nitrogens with zero attached hydrogens (tertiary/aromatic N) is 3. The number of hydrogen-bond acceptors (Lipinski definition) is 5. The van der Waals surface area contributed by atoms with Crippen LogP contribution < -0.4 is 0 Å². The minimum atomic E-state index is -0.880. The quantitative estimate of drug-likeness (QED) is 0.827. The highest BCUT2D eigenvalue weighted by Crippen LogP contribution is 2.09. The van der Waals surface area contributed by atoms with Crippen molar-refractivity contribution in [1.82, 2.24) is 14.8 Å². The van der Waals surface area contributed by atoms with Crippen LogP contribution in [-0.4, -0.2) is 69.5 Å². The van der Waals surface area contributed by atoms with Crippen molar-refractivity contribution in [2.75, 3.05) is 37.7 Å². The zero-order valence-corrected chi connectivity index (χ0v) is 12.6. The number of hydrogen-bond donors (Lipinski definition) is 1. The maximum atomic E-state index is 11.9. The highest BCUT2D eigenvalue weighted by Gasteiger charge is 2.21. The Morgan fingerprint density at radius 3 is 2.43 bits per heavy atom. The van der Waals surface area contributed by atoms with E-state index in [9.17, 15) is 9.59 Å². The van der Waals surface area contributed by atoms with Gasteiger partial charge in [-0.25, -0.2) is 0 Å². The summed E-state index contributed by atoms with van der Waals surface area (Å²) in [6, 6.07) is 4.00.